The Labute approximate surface area is 161 Å². The maximum atomic E-state index is 13.2. The molecule has 0 fully saturated rings. The molecule has 5 nitrogen and oxygen atoms in total. The molecule has 0 atom stereocenters. The third-order valence-corrected chi connectivity index (χ3v) is 4.07. The maximum absolute atomic E-state index is 13.2. The van der Waals surface area contributed by atoms with Crippen LogP contribution in [0.5, 0.6) is 0 Å². The van der Waals surface area contributed by atoms with E-state index in [4.69, 9.17) is 0 Å². The van der Waals surface area contributed by atoms with Crippen LogP contribution in [0.15, 0.2) is 29.3 Å². The molecule has 0 aliphatic carbocycles. The van der Waals surface area contributed by atoms with Gasteiger partial charge < -0.3 is 10.6 Å². The highest BCUT2D eigenvalue weighted by Gasteiger charge is 2.33. The lowest BCUT2D eigenvalue weighted by Gasteiger charge is -2.14. The molecule has 0 amide bonds. The maximum Gasteiger partial charge on any atom is 0.416 e. The molecule has 2 rings (SSSR count). The van der Waals surface area contributed by atoms with Crippen molar-refractivity contribution in [3.63, 3.8) is 0 Å². The number of aromatic nitrogens is 2. The van der Waals surface area contributed by atoms with Crippen molar-refractivity contribution in [2.24, 2.45) is 4.99 Å². The SMILES string of the molecule is CCNC(=NCc1ccc(F)cc1C(F)(F)F)NCCCn1nc(C)cc1C. The molecular weight excluding hydrogens is 374 g/mol. The van der Waals surface area contributed by atoms with Crippen LogP contribution in [0, 0.1) is 19.7 Å². The number of nitrogens with one attached hydrogen (secondary N) is 2. The summed E-state index contributed by atoms with van der Waals surface area (Å²) < 4.78 is 54.4. The number of hydrogen-bond acceptors (Lipinski definition) is 2. The number of alkyl halides is 3. The lowest BCUT2D eigenvalue weighted by molar-refractivity contribution is -0.138. The van der Waals surface area contributed by atoms with Crippen LogP contribution < -0.4 is 10.6 Å². The Morgan fingerprint density at radius 2 is 1.93 bits per heavy atom. The highest BCUT2D eigenvalue weighted by molar-refractivity contribution is 5.79. The molecule has 0 saturated carbocycles. The lowest BCUT2D eigenvalue weighted by atomic mass is 10.1. The molecule has 154 valence electrons. The van der Waals surface area contributed by atoms with Crippen molar-refractivity contribution in [3.05, 3.63) is 52.6 Å². The van der Waals surface area contributed by atoms with Gasteiger partial charge in [0, 0.05) is 25.3 Å². The van der Waals surface area contributed by atoms with E-state index in [0.717, 1.165) is 36.5 Å². The summed E-state index contributed by atoms with van der Waals surface area (Å²) in [6.45, 7) is 7.46. The van der Waals surface area contributed by atoms with E-state index >= 15 is 0 Å². The Kier molecular flexibility index (Phi) is 7.42. The Balaban J connectivity index is 1.98. The van der Waals surface area contributed by atoms with E-state index in [2.05, 4.69) is 20.7 Å². The third kappa shape index (κ3) is 6.24. The van der Waals surface area contributed by atoms with Crippen molar-refractivity contribution >= 4 is 5.96 Å². The summed E-state index contributed by atoms with van der Waals surface area (Å²) in [7, 11) is 0. The largest absolute Gasteiger partial charge is 0.416 e. The summed E-state index contributed by atoms with van der Waals surface area (Å²) in [5.41, 5.74) is 0.958. The van der Waals surface area contributed by atoms with E-state index in [1.54, 1.807) is 0 Å². The molecule has 0 spiro atoms. The molecule has 1 aromatic heterocycles. The average molecular weight is 399 g/mol. The second kappa shape index (κ2) is 9.57. The molecule has 2 aromatic rings. The minimum atomic E-state index is -4.63. The van der Waals surface area contributed by atoms with Crippen LogP contribution in [0.1, 0.15) is 35.9 Å². The van der Waals surface area contributed by atoms with Crippen molar-refractivity contribution < 1.29 is 17.6 Å². The summed E-state index contributed by atoms with van der Waals surface area (Å²) in [5.74, 6) is -0.512. The molecular formula is C19H25F4N5. The number of halogens is 4. The number of hydrogen-bond donors (Lipinski definition) is 2. The van der Waals surface area contributed by atoms with Crippen LogP contribution in [-0.2, 0) is 19.3 Å². The quantitative estimate of drug-likeness (QED) is 0.322. The molecule has 0 aliphatic heterocycles. The van der Waals surface area contributed by atoms with Gasteiger partial charge >= 0.3 is 6.18 Å². The summed E-state index contributed by atoms with van der Waals surface area (Å²) >= 11 is 0. The van der Waals surface area contributed by atoms with Gasteiger partial charge in [-0.3, -0.25) is 4.68 Å². The normalized spacial score (nSPS) is 12.3. The number of aliphatic imine (C=N–C) groups is 1. The van der Waals surface area contributed by atoms with Crippen LogP contribution in [0.2, 0.25) is 0 Å². The van der Waals surface area contributed by atoms with Gasteiger partial charge in [0.1, 0.15) is 5.82 Å². The average Bonchev–Trinajstić information content (AvgIpc) is 2.93. The molecule has 0 unspecified atom stereocenters. The van der Waals surface area contributed by atoms with Gasteiger partial charge in [-0.1, -0.05) is 6.07 Å². The van der Waals surface area contributed by atoms with E-state index < -0.39 is 17.6 Å². The van der Waals surface area contributed by atoms with Crippen LogP contribution in [0.3, 0.4) is 0 Å². The van der Waals surface area contributed by atoms with Crippen molar-refractivity contribution in [1.82, 2.24) is 20.4 Å². The molecule has 0 radical (unpaired) electrons. The highest BCUT2D eigenvalue weighted by Crippen LogP contribution is 2.32. The van der Waals surface area contributed by atoms with Gasteiger partial charge in [0.25, 0.3) is 0 Å². The minimum absolute atomic E-state index is 0.0752. The monoisotopic (exact) mass is 399 g/mol. The van der Waals surface area contributed by atoms with Gasteiger partial charge in [-0.25, -0.2) is 9.38 Å². The second-order valence-electron chi connectivity index (χ2n) is 6.42. The Hall–Kier alpha value is -2.58. The van der Waals surface area contributed by atoms with E-state index in [1.807, 2.05) is 31.5 Å². The summed E-state index contributed by atoms with van der Waals surface area (Å²) in [6.07, 6.45) is -3.85. The summed E-state index contributed by atoms with van der Waals surface area (Å²) in [5, 5.41) is 10.5. The van der Waals surface area contributed by atoms with Crippen molar-refractivity contribution in [3.8, 4) is 0 Å². The summed E-state index contributed by atoms with van der Waals surface area (Å²) in [4.78, 5) is 4.20. The molecule has 9 heteroatoms. The van der Waals surface area contributed by atoms with Gasteiger partial charge in [-0.2, -0.15) is 18.3 Å². The Bertz CT molecular complexity index is 811. The first kappa shape index (κ1) is 21.7. The van der Waals surface area contributed by atoms with Gasteiger partial charge in [0.2, 0.25) is 0 Å². The fraction of sp³-hybridized carbons (Fsp3) is 0.474. The van der Waals surface area contributed by atoms with Crippen LogP contribution in [-0.4, -0.2) is 28.8 Å². The third-order valence-electron chi connectivity index (χ3n) is 4.07. The zero-order chi connectivity index (χ0) is 20.7. The van der Waals surface area contributed by atoms with E-state index in [0.29, 0.717) is 25.1 Å². The van der Waals surface area contributed by atoms with Gasteiger partial charge in [-0.05, 0) is 51.0 Å². The van der Waals surface area contributed by atoms with E-state index in [9.17, 15) is 17.6 Å². The van der Waals surface area contributed by atoms with Crippen molar-refractivity contribution in [2.45, 2.75) is 46.5 Å². The minimum Gasteiger partial charge on any atom is -0.357 e. The molecule has 0 aliphatic rings. The van der Waals surface area contributed by atoms with Crippen molar-refractivity contribution in [1.29, 1.82) is 0 Å². The number of guanidine groups is 1. The Morgan fingerprint density at radius 3 is 2.54 bits per heavy atom. The van der Waals surface area contributed by atoms with E-state index in [-0.39, 0.29) is 12.1 Å². The fourth-order valence-electron chi connectivity index (χ4n) is 2.79. The molecule has 0 bridgehead atoms. The second-order valence-corrected chi connectivity index (χ2v) is 6.42. The van der Waals surface area contributed by atoms with Crippen LogP contribution >= 0.6 is 0 Å². The number of rotatable bonds is 7. The molecule has 1 heterocycles. The first-order valence-electron chi connectivity index (χ1n) is 9.09. The van der Waals surface area contributed by atoms with E-state index in [1.165, 1.54) is 0 Å². The molecule has 1 aromatic carbocycles. The summed E-state index contributed by atoms with van der Waals surface area (Å²) in [6, 6.07) is 4.63. The lowest BCUT2D eigenvalue weighted by Crippen LogP contribution is -2.38. The zero-order valence-corrected chi connectivity index (χ0v) is 16.2. The topological polar surface area (TPSA) is 54.2 Å². The zero-order valence-electron chi connectivity index (χ0n) is 16.2. The van der Waals surface area contributed by atoms with Crippen molar-refractivity contribution in [2.75, 3.05) is 13.1 Å². The number of aryl methyl sites for hydroxylation is 3. The van der Waals surface area contributed by atoms with Crippen LogP contribution in [0.25, 0.3) is 0 Å². The van der Waals surface area contributed by atoms with Gasteiger partial charge in [0.05, 0.1) is 17.8 Å². The fourth-order valence-corrected chi connectivity index (χ4v) is 2.79. The van der Waals surface area contributed by atoms with Crippen LogP contribution in [0.4, 0.5) is 17.6 Å². The predicted molar refractivity (Wildman–Crippen MR) is 101 cm³/mol. The highest BCUT2D eigenvalue weighted by atomic mass is 19.4. The predicted octanol–water partition coefficient (Wildman–Crippen LogP) is 3.80. The Morgan fingerprint density at radius 1 is 1.18 bits per heavy atom. The molecule has 2 N–H and O–H groups in total. The molecule has 0 saturated heterocycles. The number of nitrogens with zero attached hydrogens (tertiary/aromatic N) is 3. The first-order valence-corrected chi connectivity index (χ1v) is 9.09. The standard InChI is InChI=1S/C19H25F4N5/c1-4-24-18(25-8-5-9-28-14(3)10-13(2)27-28)26-12-15-6-7-16(20)11-17(15)19(21,22)23/h6-7,10-11H,4-5,8-9,12H2,1-3H3,(H2,24,25,26). The van der Waals surface area contributed by atoms with Gasteiger partial charge in [0.15, 0.2) is 5.96 Å². The van der Waals surface area contributed by atoms with Gasteiger partial charge in [-0.15, -0.1) is 0 Å². The molecule has 28 heavy (non-hydrogen) atoms. The number of benzene rings is 1. The first-order chi connectivity index (χ1) is 13.2. The smallest absolute Gasteiger partial charge is 0.357 e.